The number of phenolic OH excluding ortho intramolecular Hbond substituents is 1. The number of phenols is 1. The van der Waals surface area contributed by atoms with Crippen molar-refractivity contribution in [2.45, 2.75) is 52.1 Å². The van der Waals surface area contributed by atoms with Gasteiger partial charge in [-0.25, -0.2) is 0 Å². The maximum absolute atomic E-state index is 13.4. The van der Waals surface area contributed by atoms with Gasteiger partial charge in [0.25, 0.3) is 0 Å². The first-order valence-corrected chi connectivity index (χ1v) is 12.4. The zero-order valence-electron chi connectivity index (χ0n) is 21.5. The SMILES string of the molecule is CCCc1c(OCCCCCN(C=O)C(=O)CNc2cccc(C)c2)ccc(/C(=C\C=O)C(F)(F)F)c1O. The summed E-state index contributed by atoms with van der Waals surface area (Å²) in [7, 11) is 0. The molecule has 0 atom stereocenters. The van der Waals surface area contributed by atoms with E-state index in [0.29, 0.717) is 38.2 Å². The molecule has 0 aliphatic heterocycles. The lowest BCUT2D eigenvalue weighted by atomic mass is 9.97. The van der Waals surface area contributed by atoms with Crippen LogP contribution in [0.2, 0.25) is 0 Å². The van der Waals surface area contributed by atoms with Crippen molar-refractivity contribution in [3.63, 3.8) is 0 Å². The standard InChI is InChI=1S/C28H33F3N2O5/c1-3-8-23-25(12-11-22(27(23)37)24(13-15-34)28(29,30)31)38-16-6-4-5-14-33(19-35)26(36)18-32-21-10-7-9-20(2)17-21/h7,9-13,15,17,19,32,37H,3-6,8,14,16,18H2,1-2H3/b24-13+. The Morgan fingerprint density at radius 2 is 1.89 bits per heavy atom. The number of carbonyl (C=O) groups excluding carboxylic acids is 3. The van der Waals surface area contributed by atoms with Gasteiger partial charge in [-0.1, -0.05) is 25.5 Å². The van der Waals surface area contributed by atoms with Crippen molar-refractivity contribution in [1.29, 1.82) is 0 Å². The van der Waals surface area contributed by atoms with Crippen LogP contribution in [-0.4, -0.2) is 54.5 Å². The number of amides is 2. The van der Waals surface area contributed by atoms with Gasteiger partial charge in [-0.2, -0.15) is 13.2 Å². The van der Waals surface area contributed by atoms with E-state index in [9.17, 15) is 32.7 Å². The Kier molecular flexibility index (Phi) is 11.8. The van der Waals surface area contributed by atoms with Crippen molar-refractivity contribution in [1.82, 2.24) is 4.90 Å². The third kappa shape index (κ3) is 8.93. The van der Waals surface area contributed by atoms with Crippen molar-refractivity contribution in [3.8, 4) is 11.5 Å². The van der Waals surface area contributed by atoms with Gasteiger partial charge in [-0.3, -0.25) is 19.3 Å². The summed E-state index contributed by atoms with van der Waals surface area (Å²) in [5, 5.41) is 13.6. The lowest BCUT2D eigenvalue weighted by Gasteiger charge is -2.18. The van der Waals surface area contributed by atoms with Crippen LogP contribution in [0.4, 0.5) is 18.9 Å². The summed E-state index contributed by atoms with van der Waals surface area (Å²) in [5.41, 5.74) is 0.376. The first-order valence-electron chi connectivity index (χ1n) is 12.4. The number of unbranched alkanes of at least 4 members (excludes halogenated alkanes) is 2. The maximum Gasteiger partial charge on any atom is 0.417 e. The van der Waals surface area contributed by atoms with E-state index in [1.807, 2.05) is 38.1 Å². The Labute approximate surface area is 220 Å². The highest BCUT2D eigenvalue weighted by atomic mass is 19.4. The predicted molar refractivity (Wildman–Crippen MR) is 139 cm³/mol. The number of alkyl halides is 3. The number of aryl methyl sites for hydroxylation is 1. The van der Waals surface area contributed by atoms with E-state index in [1.165, 1.54) is 6.07 Å². The van der Waals surface area contributed by atoms with Crippen LogP contribution < -0.4 is 10.1 Å². The van der Waals surface area contributed by atoms with Gasteiger partial charge in [0.1, 0.15) is 17.8 Å². The number of aldehydes is 1. The number of allylic oxidation sites excluding steroid dienone is 2. The molecule has 0 unspecified atom stereocenters. The number of hydrogen-bond acceptors (Lipinski definition) is 6. The molecule has 0 bridgehead atoms. The second-order valence-electron chi connectivity index (χ2n) is 8.73. The van der Waals surface area contributed by atoms with Crippen molar-refractivity contribution in [2.24, 2.45) is 0 Å². The molecule has 2 amide bonds. The van der Waals surface area contributed by atoms with Crippen LogP contribution in [-0.2, 0) is 20.8 Å². The molecule has 0 radical (unpaired) electrons. The minimum atomic E-state index is -4.81. The summed E-state index contributed by atoms with van der Waals surface area (Å²) in [6.45, 7) is 4.22. The minimum Gasteiger partial charge on any atom is -0.507 e. The monoisotopic (exact) mass is 534 g/mol. The summed E-state index contributed by atoms with van der Waals surface area (Å²) in [6, 6.07) is 9.99. The van der Waals surface area contributed by atoms with Crippen molar-refractivity contribution < 1.29 is 37.4 Å². The number of benzene rings is 2. The van der Waals surface area contributed by atoms with Gasteiger partial charge in [-0.15, -0.1) is 0 Å². The summed E-state index contributed by atoms with van der Waals surface area (Å²) in [6.07, 6.45) is -1.29. The molecule has 0 aliphatic rings. The van der Waals surface area contributed by atoms with E-state index in [1.54, 1.807) is 0 Å². The molecule has 206 valence electrons. The number of ether oxygens (including phenoxy) is 1. The third-order valence-electron chi connectivity index (χ3n) is 5.78. The zero-order valence-corrected chi connectivity index (χ0v) is 21.5. The highest BCUT2D eigenvalue weighted by molar-refractivity contribution is 5.89. The number of nitrogens with one attached hydrogen (secondary N) is 1. The smallest absolute Gasteiger partial charge is 0.417 e. The van der Waals surface area contributed by atoms with Crippen molar-refractivity contribution in [3.05, 3.63) is 59.2 Å². The Morgan fingerprint density at radius 1 is 1.13 bits per heavy atom. The largest absolute Gasteiger partial charge is 0.507 e. The molecule has 2 rings (SSSR count). The molecule has 0 spiro atoms. The first-order chi connectivity index (χ1) is 18.1. The Morgan fingerprint density at radius 3 is 2.53 bits per heavy atom. The molecule has 10 heteroatoms. The van der Waals surface area contributed by atoms with Gasteiger partial charge in [0.2, 0.25) is 12.3 Å². The number of hydrogen-bond donors (Lipinski definition) is 2. The van der Waals surface area contributed by atoms with Crippen LogP contribution in [0.5, 0.6) is 11.5 Å². The van der Waals surface area contributed by atoms with Crippen LogP contribution in [0, 0.1) is 6.92 Å². The number of carbonyl (C=O) groups is 3. The average molecular weight is 535 g/mol. The van der Waals surface area contributed by atoms with Crippen LogP contribution in [0.25, 0.3) is 5.57 Å². The fourth-order valence-corrected chi connectivity index (χ4v) is 3.88. The van der Waals surface area contributed by atoms with E-state index in [-0.39, 0.29) is 49.6 Å². The van der Waals surface area contributed by atoms with Crippen LogP contribution in [0.15, 0.2) is 42.5 Å². The molecule has 0 saturated heterocycles. The molecule has 0 fully saturated rings. The molecule has 0 heterocycles. The van der Waals surface area contributed by atoms with Gasteiger partial charge in [-0.05, 0) is 68.5 Å². The number of nitrogens with zero attached hydrogens (tertiary/aromatic N) is 1. The van der Waals surface area contributed by atoms with Gasteiger partial charge >= 0.3 is 6.18 Å². The number of imide groups is 1. The molecule has 0 aliphatic carbocycles. The Hall–Kier alpha value is -3.82. The lowest BCUT2D eigenvalue weighted by Crippen LogP contribution is -2.35. The fourth-order valence-electron chi connectivity index (χ4n) is 3.88. The maximum atomic E-state index is 13.4. The fraction of sp³-hybridized carbons (Fsp3) is 0.393. The van der Waals surface area contributed by atoms with Gasteiger partial charge in [0.05, 0.1) is 18.7 Å². The molecule has 2 N–H and O–H groups in total. The summed E-state index contributed by atoms with van der Waals surface area (Å²) in [5.74, 6) is -0.638. The lowest BCUT2D eigenvalue weighted by molar-refractivity contribution is -0.136. The topological polar surface area (TPSA) is 95.9 Å². The summed E-state index contributed by atoms with van der Waals surface area (Å²) < 4.78 is 45.8. The van der Waals surface area contributed by atoms with E-state index < -0.39 is 23.1 Å². The molecule has 0 aromatic heterocycles. The van der Waals surface area contributed by atoms with Crippen molar-refractivity contribution in [2.75, 3.05) is 25.0 Å². The number of rotatable bonds is 15. The van der Waals surface area contributed by atoms with E-state index >= 15 is 0 Å². The summed E-state index contributed by atoms with van der Waals surface area (Å²) >= 11 is 0. The van der Waals surface area contributed by atoms with Crippen LogP contribution in [0.1, 0.15) is 49.3 Å². The van der Waals surface area contributed by atoms with Gasteiger partial charge < -0.3 is 15.2 Å². The molecule has 38 heavy (non-hydrogen) atoms. The van der Waals surface area contributed by atoms with E-state index in [0.717, 1.165) is 22.2 Å². The molecule has 2 aromatic carbocycles. The predicted octanol–water partition coefficient (Wildman–Crippen LogP) is 5.44. The van der Waals surface area contributed by atoms with Crippen molar-refractivity contribution >= 4 is 29.9 Å². The van der Waals surface area contributed by atoms with Crippen LogP contribution in [0.3, 0.4) is 0 Å². The Balaban J connectivity index is 1.88. The zero-order chi connectivity index (χ0) is 28.1. The highest BCUT2D eigenvalue weighted by Crippen LogP contribution is 2.42. The average Bonchev–Trinajstić information content (AvgIpc) is 2.87. The second-order valence-corrected chi connectivity index (χ2v) is 8.73. The first kappa shape index (κ1) is 30.4. The third-order valence-corrected chi connectivity index (χ3v) is 5.78. The second kappa shape index (κ2) is 14.8. The van der Waals surface area contributed by atoms with E-state index in [4.69, 9.17) is 4.74 Å². The molecule has 7 nitrogen and oxygen atoms in total. The number of halogens is 3. The van der Waals surface area contributed by atoms with Gasteiger partial charge in [0.15, 0.2) is 0 Å². The summed E-state index contributed by atoms with van der Waals surface area (Å²) in [4.78, 5) is 35.5. The Bertz CT molecular complexity index is 1130. The molecular formula is C28H33F3N2O5. The molecule has 0 saturated carbocycles. The van der Waals surface area contributed by atoms with E-state index in [2.05, 4.69) is 5.32 Å². The van der Waals surface area contributed by atoms with Gasteiger partial charge in [0, 0.05) is 23.4 Å². The molecule has 2 aromatic rings. The molecular weight excluding hydrogens is 501 g/mol. The van der Waals surface area contributed by atoms with Crippen LogP contribution >= 0.6 is 0 Å². The normalized spacial score (nSPS) is 11.7. The number of anilines is 1. The quantitative estimate of drug-likeness (QED) is 0.179. The highest BCUT2D eigenvalue weighted by Gasteiger charge is 2.36. The number of aromatic hydroxyl groups is 1. The minimum absolute atomic E-state index is 0.0108.